The van der Waals surface area contributed by atoms with Crippen LogP contribution in [0.1, 0.15) is 13.3 Å². The van der Waals surface area contributed by atoms with Gasteiger partial charge >= 0.3 is 12.0 Å². The highest BCUT2D eigenvalue weighted by Gasteiger charge is 2.19. The van der Waals surface area contributed by atoms with E-state index < -0.39 is 12.1 Å². The summed E-state index contributed by atoms with van der Waals surface area (Å²) in [5, 5.41) is 11.2. The van der Waals surface area contributed by atoms with E-state index in [4.69, 9.17) is 11.5 Å². The van der Waals surface area contributed by atoms with Crippen LogP contribution in [-0.4, -0.2) is 54.9 Å². The second-order valence-corrected chi connectivity index (χ2v) is 3.37. The second-order valence-electron chi connectivity index (χ2n) is 3.37. The van der Waals surface area contributed by atoms with Gasteiger partial charge in [-0.05, 0) is 6.42 Å². The standard InChI is InChI=1S/C11H18N2O4/c1-4-6-13(7-5-2)11(16)12-8-9(17-3)10(14)15/h1,9H,5-8H2,2-3H3,(H,12,16)(H,14,15). The number of hydrogen-bond donors (Lipinski definition) is 2. The molecule has 0 aromatic heterocycles. The van der Waals surface area contributed by atoms with Crippen LogP contribution in [0.25, 0.3) is 0 Å². The van der Waals surface area contributed by atoms with Gasteiger partial charge in [-0.25, -0.2) is 9.59 Å². The number of carboxylic acid groups (broad SMARTS) is 1. The maximum atomic E-state index is 11.6. The van der Waals surface area contributed by atoms with Crippen molar-refractivity contribution in [3.63, 3.8) is 0 Å². The average molecular weight is 242 g/mol. The molecule has 1 atom stereocenters. The van der Waals surface area contributed by atoms with Crippen molar-refractivity contribution in [2.75, 3.05) is 26.7 Å². The number of aliphatic carboxylic acids is 1. The highest BCUT2D eigenvalue weighted by atomic mass is 16.5. The summed E-state index contributed by atoms with van der Waals surface area (Å²) in [6.45, 7) is 2.56. The van der Waals surface area contributed by atoms with Gasteiger partial charge in [0.2, 0.25) is 0 Å². The number of methoxy groups -OCH3 is 1. The predicted molar refractivity (Wildman–Crippen MR) is 62.5 cm³/mol. The van der Waals surface area contributed by atoms with Crippen molar-refractivity contribution in [1.29, 1.82) is 0 Å². The molecule has 0 bridgehead atoms. The molecule has 17 heavy (non-hydrogen) atoms. The van der Waals surface area contributed by atoms with Crippen LogP contribution in [0.4, 0.5) is 4.79 Å². The number of terminal acetylenes is 1. The third kappa shape index (κ3) is 5.78. The number of carbonyl (C=O) groups is 2. The molecule has 6 nitrogen and oxygen atoms in total. The Morgan fingerprint density at radius 1 is 1.59 bits per heavy atom. The van der Waals surface area contributed by atoms with Crippen molar-refractivity contribution >= 4 is 12.0 Å². The number of nitrogens with one attached hydrogen (secondary N) is 1. The molecule has 2 N–H and O–H groups in total. The number of ether oxygens (including phenoxy) is 1. The van der Waals surface area contributed by atoms with Crippen LogP contribution in [-0.2, 0) is 9.53 Å². The van der Waals surface area contributed by atoms with E-state index >= 15 is 0 Å². The summed E-state index contributed by atoms with van der Waals surface area (Å²) < 4.78 is 4.69. The molecule has 0 aliphatic carbocycles. The fraction of sp³-hybridized carbons (Fsp3) is 0.636. The highest BCUT2D eigenvalue weighted by Crippen LogP contribution is 1.94. The van der Waals surface area contributed by atoms with Crippen LogP contribution in [0.2, 0.25) is 0 Å². The third-order valence-electron chi connectivity index (χ3n) is 2.06. The molecule has 0 fully saturated rings. The second kappa shape index (κ2) is 8.42. The van der Waals surface area contributed by atoms with Gasteiger partial charge in [-0.15, -0.1) is 6.42 Å². The Kier molecular flexibility index (Phi) is 7.55. The smallest absolute Gasteiger partial charge is 0.334 e. The first kappa shape index (κ1) is 15.3. The molecule has 1 unspecified atom stereocenters. The monoisotopic (exact) mass is 242 g/mol. The zero-order valence-corrected chi connectivity index (χ0v) is 10.1. The maximum Gasteiger partial charge on any atom is 0.334 e. The molecular weight excluding hydrogens is 224 g/mol. The molecule has 0 heterocycles. The summed E-state index contributed by atoms with van der Waals surface area (Å²) in [5.41, 5.74) is 0. The molecule has 0 saturated heterocycles. The van der Waals surface area contributed by atoms with Gasteiger partial charge in [0.1, 0.15) is 0 Å². The Morgan fingerprint density at radius 2 is 2.24 bits per heavy atom. The Morgan fingerprint density at radius 3 is 2.65 bits per heavy atom. The fourth-order valence-corrected chi connectivity index (χ4v) is 1.20. The topological polar surface area (TPSA) is 78.9 Å². The van der Waals surface area contributed by atoms with Crippen molar-refractivity contribution in [2.45, 2.75) is 19.4 Å². The van der Waals surface area contributed by atoms with Crippen LogP contribution in [0, 0.1) is 12.3 Å². The van der Waals surface area contributed by atoms with Gasteiger partial charge in [0.25, 0.3) is 0 Å². The Bertz CT molecular complexity index is 298. The molecule has 0 aliphatic heterocycles. The molecule has 0 aliphatic rings. The molecule has 0 saturated carbocycles. The molecule has 96 valence electrons. The summed E-state index contributed by atoms with van der Waals surface area (Å²) >= 11 is 0. The number of urea groups is 1. The van der Waals surface area contributed by atoms with Gasteiger partial charge in [0, 0.05) is 13.7 Å². The molecule has 0 radical (unpaired) electrons. The Hall–Kier alpha value is -1.74. The van der Waals surface area contributed by atoms with Crippen molar-refractivity contribution < 1.29 is 19.4 Å². The van der Waals surface area contributed by atoms with Gasteiger partial charge in [-0.3, -0.25) is 0 Å². The first-order valence-electron chi connectivity index (χ1n) is 5.28. The lowest BCUT2D eigenvalue weighted by molar-refractivity contribution is -0.148. The number of carboxylic acids is 1. The van der Waals surface area contributed by atoms with Crippen molar-refractivity contribution in [2.24, 2.45) is 0 Å². The van der Waals surface area contributed by atoms with E-state index in [1.54, 1.807) is 0 Å². The molecule has 0 aromatic rings. The number of hydrogen-bond acceptors (Lipinski definition) is 3. The van der Waals surface area contributed by atoms with Crippen LogP contribution >= 0.6 is 0 Å². The van der Waals surface area contributed by atoms with E-state index in [-0.39, 0.29) is 19.1 Å². The normalized spacial score (nSPS) is 11.4. The fourth-order valence-electron chi connectivity index (χ4n) is 1.20. The number of amides is 2. The summed E-state index contributed by atoms with van der Waals surface area (Å²) in [6, 6.07) is -0.381. The lowest BCUT2D eigenvalue weighted by Gasteiger charge is -2.21. The number of rotatable bonds is 7. The summed E-state index contributed by atoms with van der Waals surface area (Å²) in [4.78, 5) is 23.7. The Balaban J connectivity index is 4.22. The Labute approximate surface area is 101 Å². The zero-order valence-electron chi connectivity index (χ0n) is 10.1. The minimum Gasteiger partial charge on any atom is -0.479 e. The van der Waals surface area contributed by atoms with E-state index in [1.165, 1.54) is 12.0 Å². The van der Waals surface area contributed by atoms with Crippen molar-refractivity contribution in [3.05, 3.63) is 0 Å². The van der Waals surface area contributed by atoms with E-state index in [0.29, 0.717) is 6.54 Å². The minimum absolute atomic E-state index is 0.0878. The predicted octanol–water partition coefficient (Wildman–Crippen LogP) is 0.141. The number of carbonyl (C=O) groups excluding carboxylic acids is 1. The van der Waals surface area contributed by atoms with Crippen molar-refractivity contribution in [3.8, 4) is 12.3 Å². The van der Waals surface area contributed by atoms with E-state index in [0.717, 1.165) is 6.42 Å². The molecule has 6 heteroatoms. The van der Waals surface area contributed by atoms with Gasteiger partial charge < -0.3 is 20.1 Å². The summed E-state index contributed by atoms with van der Waals surface area (Å²) in [5.74, 6) is 1.26. The van der Waals surface area contributed by atoms with Crippen LogP contribution in [0.15, 0.2) is 0 Å². The first-order valence-corrected chi connectivity index (χ1v) is 5.28. The average Bonchev–Trinajstić information content (AvgIpc) is 2.28. The SMILES string of the molecule is C#CCN(CCC)C(=O)NCC(OC)C(=O)O. The summed E-state index contributed by atoms with van der Waals surface area (Å²) in [6.07, 6.45) is 4.87. The van der Waals surface area contributed by atoms with Crippen LogP contribution in [0.3, 0.4) is 0 Å². The first-order chi connectivity index (χ1) is 8.06. The molecule has 0 spiro atoms. The van der Waals surface area contributed by atoms with E-state index in [2.05, 4.69) is 16.0 Å². The highest BCUT2D eigenvalue weighted by molar-refractivity contribution is 5.77. The molecular formula is C11H18N2O4. The lowest BCUT2D eigenvalue weighted by Crippen LogP contribution is -2.45. The van der Waals surface area contributed by atoms with E-state index in [1.807, 2.05) is 6.92 Å². The number of nitrogens with zero attached hydrogens (tertiary/aromatic N) is 1. The zero-order chi connectivity index (χ0) is 13.3. The third-order valence-corrected chi connectivity index (χ3v) is 2.06. The van der Waals surface area contributed by atoms with Crippen LogP contribution < -0.4 is 5.32 Å². The summed E-state index contributed by atoms with van der Waals surface area (Å²) in [7, 11) is 1.27. The quantitative estimate of drug-likeness (QED) is 0.622. The van der Waals surface area contributed by atoms with Gasteiger partial charge in [0.05, 0.1) is 13.1 Å². The van der Waals surface area contributed by atoms with Crippen molar-refractivity contribution in [1.82, 2.24) is 10.2 Å². The van der Waals surface area contributed by atoms with Gasteiger partial charge in [-0.2, -0.15) is 0 Å². The van der Waals surface area contributed by atoms with Gasteiger partial charge in [0.15, 0.2) is 6.10 Å². The molecule has 0 rings (SSSR count). The van der Waals surface area contributed by atoms with Crippen LogP contribution in [0.5, 0.6) is 0 Å². The van der Waals surface area contributed by atoms with E-state index in [9.17, 15) is 9.59 Å². The molecule has 0 aromatic carbocycles. The van der Waals surface area contributed by atoms with Gasteiger partial charge in [-0.1, -0.05) is 12.8 Å². The largest absolute Gasteiger partial charge is 0.479 e. The maximum absolute atomic E-state index is 11.6. The minimum atomic E-state index is -1.12. The molecule has 2 amide bonds. The lowest BCUT2D eigenvalue weighted by atomic mass is 10.3.